The first-order chi connectivity index (χ1) is 6.12. The van der Waals surface area contributed by atoms with Crippen LogP contribution in [0.3, 0.4) is 0 Å². The molecule has 70 valence electrons. The normalized spacial score (nSPS) is 19.6. The van der Waals surface area contributed by atoms with E-state index in [2.05, 4.69) is 30.4 Å². The summed E-state index contributed by atoms with van der Waals surface area (Å²) in [6, 6.07) is 6.38. The van der Waals surface area contributed by atoms with E-state index in [1.165, 1.54) is 5.56 Å². The molecule has 1 saturated heterocycles. The minimum absolute atomic E-state index is 0.303. The van der Waals surface area contributed by atoms with Gasteiger partial charge in [-0.25, -0.2) is 0 Å². The number of nitrogens with one attached hydrogen (secondary N) is 1. The van der Waals surface area contributed by atoms with E-state index in [4.69, 9.17) is 11.6 Å². The number of halogens is 1. The van der Waals surface area contributed by atoms with E-state index in [-0.39, 0.29) is 0 Å². The molecule has 1 aliphatic rings. The van der Waals surface area contributed by atoms with Gasteiger partial charge < -0.3 is 5.32 Å². The molecule has 0 atom stereocenters. The van der Waals surface area contributed by atoms with Gasteiger partial charge in [-0.1, -0.05) is 30.7 Å². The molecule has 1 fully saturated rings. The largest absolute Gasteiger partial charge is 0.315 e. The Balaban J connectivity index is 2.36. The highest BCUT2D eigenvalue weighted by molar-refractivity contribution is 6.31. The topological polar surface area (TPSA) is 12.0 Å². The Morgan fingerprint density at radius 3 is 2.54 bits per heavy atom. The first-order valence-corrected chi connectivity index (χ1v) is 4.97. The second-order valence-electron chi connectivity index (χ2n) is 4.13. The maximum atomic E-state index is 6.08. The molecule has 0 radical (unpaired) electrons. The Kier molecular flexibility index (Phi) is 2.09. The minimum atomic E-state index is 0.303. The highest BCUT2D eigenvalue weighted by Gasteiger charge is 2.33. The van der Waals surface area contributed by atoms with Crippen molar-refractivity contribution < 1.29 is 0 Å². The number of hydrogen-bond acceptors (Lipinski definition) is 1. The van der Waals surface area contributed by atoms with Crippen LogP contribution in [0.4, 0.5) is 0 Å². The third kappa shape index (κ3) is 1.47. The van der Waals surface area contributed by atoms with Crippen molar-refractivity contribution in [1.29, 1.82) is 0 Å². The van der Waals surface area contributed by atoms with Gasteiger partial charge in [-0.2, -0.15) is 0 Å². The lowest BCUT2D eigenvalue weighted by Crippen LogP contribution is -2.54. The summed E-state index contributed by atoms with van der Waals surface area (Å²) in [4.78, 5) is 0. The van der Waals surface area contributed by atoms with E-state index in [1.807, 2.05) is 6.92 Å². The Morgan fingerprint density at radius 2 is 2.08 bits per heavy atom. The van der Waals surface area contributed by atoms with Crippen LogP contribution in [0.25, 0.3) is 0 Å². The monoisotopic (exact) mass is 195 g/mol. The van der Waals surface area contributed by atoms with Crippen LogP contribution in [0.15, 0.2) is 18.2 Å². The first kappa shape index (κ1) is 9.04. The molecule has 13 heavy (non-hydrogen) atoms. The lowest BCUT2D eigenvalue weighted by molar-refractivity contribution is 0.305. The lowest BCUT2D eigenvalue weighted by atomic mass is 9.77. The Hall–Kier alpha value is -0.530. The van der Waals surface area contributed by atoms with Crippen LogP contribution in [0.2, 0.25) is 5.02 Å². The third-order valence-corrected chi connectivity index (χ3v) is 3.31. The van der Waals surface area contributed by atoms with Gasteiger partial charge in [-0.15, -0.1) is 0 Å². The molecule has 0 bridgehead atoms. The standard InChI is InChI=1S/C11H14ClN/c1-8-3-4-9(5-10(8)12)11(2)6-13-7-11/h3-5,13H,6-7H2,1-2H3. The third-order valence-electron chi connectivity index (χ3n) is 2.90. The first-order valence-electron chi connectivity index (χ1n) is 4.59. The predicted octanol–water partition coefficient (Wildman–Crippen LogP) is 2.51. The minimum Gasteiger partial charge on any atom is -0.315 e. The maximum absolute atomic E-state index is 6.08. The number of aryl methyl sites for hydroxylation is 1. The van der Waals surface area contributed by atoms with Crippen molar-refractivity contribution in [3.8, 4) is 0 Å². The number of hydrogen-bond donors (Lipinski definition) is 1. The van der Waals surface area contributed by atoms with Crippen LogP contribution < -0.4 is 5.32 Å². The molecule has 1 aromatic carbocycles. The Labute approximate surface area is 84.1 Å². The van der Waals surface area contributed by atoms with E-state index in [0.29, 0.717) is 5.41 Å². The lowest BCUT2D eigenvalue weighted by Gasteiger charge is -2.40. The molecule has 0 spiro atoms. The number of benzene rings is 1. The van der Waals surface area contributed by atoms with Gasteiger partial charge in [0.2, 0.25) is 0 Å². The van der Waals surface area contributed by atoms with E-state index >= 15 is 0 Å². The second kappa shape index (κ2) is 3.00. The molecule has 1 heterocycles. The summed E-state index contributed by atoms with van der Waals surface area (Å²) < 4.78 is 0. The van der Waals surface area contributed by atoms with Crippen molar-refractivity contribution >= 4 is 11.6 Å². The summed E-state index contributed by atoms with van der Waals surface area (Å²) in [6.45, 7) is 6.43. The van der Waals surface area contributed by atoms with E-state index in [0.717, 1.165) is 23.7 Å². The molecule has 2 rings (SSSR count). The molecule has 1 aliphatic heterocycles. The molecule has 1 N–H and O–H groups in total. The van der Waals surface area contributed by atoms with Gasteiger partial charge in [0.05, 0.1) is 0 Å². The van der Waals surface area contributed by atoms with Crippen molar-refractivity contribution in [1.82, 2.24) is 5.32 Å². The molecule has 0 amide bonds. The zero-order valence-corrected chi connectivity index (χ0v) is 8.78. The van der Waals surface area contributed by atoms with Gasteiger partial charge in [0.1, 0.15) is 0 Å². The highest BCUT2D eigenvalue weighted by atomic mass is 35.5. The van der Waals surface area contributed by atoms with Crippen molar-refractivity contribution in [2.45, 2.75) is 19.3 Å². The molecular formula is C11H14ClN. The van der Waals surface area contributed by atoms with Gasteiger partial charge in [-0.05, 0) is 24.1 Å². The smallest absolute Gasteiger partial charge is 0.0438 e. The van der Waals surface area contributed by atoms with Crippen LogP contribution in [-0.2, 0) is 5.41 Å². The van der Waals surface area contributed by atoms with Gasteiger partial charge in [0, 0.05) is 23.5 Å². The Morgan fingerprint density at radius 1 is 1.38 bits per heavy atom. The molecule has 2 heteroatoms. The average Bonchev–Trinajstić information content (AvgIpc) is 2.06. The fourth-order valence-corrected chi connectivity index (χ4v) is 1.85. The predicted molar refractivity (Wildman–Crippen MR) is 56.4 cm³/mol. The molecule has 0 aromatic heterocycles. The molecule has 0 saturated carbocycles. The quantitative estimate of drug-likeness (QED) is 0.726. The van der Waals surface area contributed by atoms with Crippen LogP contribution in [0.5, 0.6) is 0 Å². The fourth-order valence-electron chi connectivity index (χ4n) is 1.67. The Bertz CT molecular complexity index is 329. The van der Waals surface area contributed by atoms with Crippen molar-refractivity contribution in [2.24, 2.45) is 0 Å². The van der Waals surface area contributed by atoms with Crippen LogP contribution >= 0.6 is 11.6 Å². The van der Waals surface area contributed by atoms with Gasteiger partial charge >= 0.3 is 0 Å². The molecule has 1 aromatic rings. The van der Waals surface area contributed by atoms with Crippen molar-refractivity contribution in [3.05, 3.63) is 34.3 Å². The zero-order valence-electron chi connectivity index (χ0n) is 8.02. The summed E-state index contributed by atoms with van der Waals surface area (Å²) in [5.41, 5.74) is 2.81. The summed E-state index contributed by atoms with van der Waals surface area (Å²) in [7, 11) is 0. The molecule has 1 nitrogen and oxygen atoms in total. The van der Waals surface area contributed by atoms with Gasteiger partial charge in [0.25, 0.3) is 0 Å². The van der Waals surface area contributed by atoms with Crippen molar-refractivity contribution in [2.75, 3.05) is 13.1 Å². The van der Waals surface area contributed by atoms with E-state index in [9.17, 15) is 0 Å². The molecular weight excluding hydrogens is 182 g/mol. The average molecular weight is 196 g/mol. The summed E-state index contributed by atoms with van der Waals surface area (Å²) in [5.74, 6) is 0. The fraction of sp³-hybridized carbons (Fsp3) is 0.455. The highest BCUT2D eigenvalue weighted by Crippen LogP contribution is 2.30. The van der Waals surface area contributed by atoms with Crippen LogP contribution in [0.1, 0.15) is 18.1 Å². The van der Waals surface area contributed by atoms with E-state index in [1.54, 1.807) is 0 Å². The maximum Gasteiger partial charge on any atom is 0.0438 e. The summed E-state index contributed by atoms with van der Waals surface area (Å²) in [5, 5.41) is 4.17. The number of rotatable bonds is 1. The molecule has 0 aliphatic carbocycles. The SMILES string of the molecule is Cc1ccc(C2(C)CNC2)cc1Cl. The second-order valence-corrected chi connectivity index (χ2v) is 4.54. The van der Waals surface area contributed by atoms with Gasteiger partial charge in [-0.3, -0.25) is 0 Å². The van der Waals surface area contributed by atoms with Crippen LogP contribution in [-0.4, -0.2) is 13.1 Å². The molecule has 0 unspecified atom stereocenters. The summed E-state index contributed by atoms with van der Waals surface area (Å²) >= 11 is 6.08. The summed E-state index contributed by atoms with van der Waals surface area (Å²) in [6.07, 6.45) is 0. The van der Waals surface area contributed by atoms with Crippen molar-refractivity contribution in [3.63, 3.8) is 0 Å². The van der Waals surface area contributed by atoms with Crippen LogP contribution in [0, 0.1) is 6.92 Å². The van der Waals surface area contributed by atoms with Gasteiger partial charge in [0.15, 0.2) is 0 Å². The van der Waals surface area contributed by atoms with E-state index < -0.39 is 0 Å². The zero-order chi connectivity index (χ0) is 9.47.